The highest BCUT2D eigenvalue weighted by molar-refractivity contribution is 5.76. The van der Waals surface area contributed by atoms with Gasteiger partial charge < -0.3 is 19.9 Å². The molecule has 3 rings (SSSR count). The maximum Gasteiger partial charge on any atom is 0.225 e. The first kappa shape index (κ1) is 17.1. The second kappa shape index (κ2) is 8.39. The average molecular weight is 333 g/mol. The third-order valence-corrected chi connectivity index (χ3v) is 4.75. The number of hydrogen-bond acceptors (Lipinski definition) is 6. The molecule has 24 heavy (non-hydrogen) atoms. The summed E-state index contributed by atoms with van der Waals surface area (Å²) in [6, 6.07) is 2.45. The smallest absolute Gasteiger partial charge is 0.225 e. The van der Waals surface area contributed by atoms with Crippen molar-refractivity contribution >= 4 is 11.7 Å². The molecule has 0 unspecified atom stereocenters. The molecule has 2 aliphatic heterocycles. The molecule has 132 valence electrons. The molecule has 3 heterocycles. The van der Waals surface area contributed by atoms with Gasteiger partial charge in [0.15, 0.2) is 0 Å². The lowest BCUT2D eigenvalue weighted by molar-refractivity contribution is -0.130. The lowest BCUT2D eigenvalue weighted by Crippen LogP contribution is -2.44. The van der Waals surface area contributed by atoms with E-state index in [2.05, 4.69) is 20.2 Å². The number of aryl methyl sites for hydroxylation is 1. The zero-order valence-electron chi connectivity index (χ0n) is 14.4. The first-order valence-electron chi connectivity index (χ1n) is 8.84. The van der Waals surface area contributed by atoms with E-state index in [0.717, 1.165) is 57.1 Å². The molecule has 0 atom stereocenters. The maximum atomic E-state index is 12.0. The van der Waals surface area contributed by atoms with Gasteiger partial charge in [0.05, 0.1) is 19.6 Å². The lowest BCUT2D eigenvalue weighted by Gasteiger charge is -2.33. The van der Waals surface area contributed by atoms with E-state index in [9.17, 15) is 4.79 Å². The van der Waals surface area contributed by atoms with Crippen molar-refractivity contribution in [3.8, 4) is 0 Å². The fourth-order valence-electron chi connectivity index (χ4n) is 3.26. The summed E-state index contributed by atoms with van der Waals surface area (Å²) in [5, 5.41) is 3.50. The minimum Gasteiger partial charge on any atom is -0.379 e. The number of ether oxygens (including phenoxy) is 1. The minimum atomic E-state index is 0.225. The Hall–Kier alpha value is -1.73. The van der Waals surface area contributed by atoms with Crippen molar-refractivity contribution in [2.75, 3.05) is 51.3 Å². The van der Waals surface area contributed by atoms with Crippen LogP contribution < -0.4 is 5.32 Å². The third-order valence-electron chi connectivity index (χ3n) is 4.75. The van der Waals surface area contributed by atoms with Crippen LogP contribution in [0.1, 0.15) is 25.0 Å². The average Bonchev–Trinajstić information content (AvgIpc) is 2.79. The first-order valence-corrected chi connectivity index (χ1v) is 8.84. The Balaban J connectivity index is 1.39. The molecule has 1 aromatic heterocycles. The van der Waals surface area contributed by atoms with E-state index in [1.807, 2.05) is 17.9 Å². The maximum absolute atomic E-state index is 12.0. The third kappa shape index (κ3) is 4.88. The van der Waals surface area contributed by atoms with Crippen molar-refractivity contribution in [1.82, 2.24) is 19.8 Å². The van der Waals surface area contributed by atoms with Crippen LogP contribution in [0.15, 0.2) is 12.4 Å². The van der Waals surface area contributed by atoms with E-state index < -0.39 is 0 Å². The van der Waals surface area contributed by atoms with Crippen molar-refractivity contribution in [2.45, 2.75) is 32.2 Å². The molecule has 0 aromatic carbocycles. The minimum absolute atomic E-state index is 0.225. The lowest BCUT2D eigenvalue weighted by atomic mass is 10.1. The first-order chi connectivity index (χ1) is 11.7. The van der Waals surface area contributed by atoms with Crippen LogP contribution in [0.4, 0.5) is 5.82 Å². The number of amides is 1. The molecule has 7 heteroatoms. The normalized spacial score (nSPS) is 20.9. The van der Waals surface area contributed by atoms with Gasteiger partial charge in [0, 0.05) is 50.5 Å². The van der Waals surface area contributed by atoms with Crippen molar-refractivity contribution in [2.24, 2.45) is 0 Å². The Labute approximate surface area is 143 Å². The number of hydrogen-bond donors (Lipinski definition) is 1. The van der Waals surface area contributed by atoms with Crippen molar-refractivity contribution in [3.63, 3.8) is 0 Å². The standard InChI is InChI=1S/C17H27N5O2/c1-14-12-16(19-13-18-14)20-15-2-5-21(6-3-15)7-8-22-9-11-24-10-4-17(22)23/h12-13,15H,2-11H2,1H3,(H,18,19,20). The molecular formula is C17H27N5O2. The zero-order valence-corrected chi connectivity index (χ0v) is 14.4. The van der Waals surface area contributed by atoms with Crippen LogP contribution in [0.25, 0.3) is 0 Å². The zero-order chi connectivity index (χ0) is 16.8. The second-order valence-electron chi connectivity index (χ2n) is 6.55. The number of aromatic nitrogens is 2. The number of nitrogens with one attached hydrogen (secondary N) is 1. The second-order valence-corrected chi connectivity index (χ2v) is 6.55. The number of nitrogens with zero attached hydrogens (tertiary/aromatic N) is 4. The van der Waals surface area contributed by atoms with Crippen molar-refractivity contribution < 1.29 is 9.53 Å². The van der Waals surface area contributed by atoms with E-state index in [0.29, 0.717) is 25.7 Å². The van der Waals surface area contributed by atoms with Gasteiger partial charge in [-0.15, -0.1) is 0 Å². The van der Waals surface area contributed by atoms with E-state index in [1.54, 1.807) is 6.33 Å². The summed E-state index contributed by atoms with van der Waals surface area (Å²) in [7, 11) is 0. The van der Waals surface area contributed by atoms with Gasteiger partial charge in [0.2, 0.25) is 5.91 Å². The number of likely N-dealkylation sites (tertiary alicyclic amines) is 1. The number of piperidine rings is 1. The van der Waals surface area contributed by atoms with Crippen LogP contribution in [-0.4, -0.2) is 77.7 Å². The van der Waals surface area contributed by atoms with Gasteiger partial charge >= 0.3 is 0 Å². The van der Waals surface area contributed by atoms with Crippen molar-refractivity contribution in [3.05, 3.63) is 18.1 Å². The SMILES string of the molecule is Cc1cc(NC2CCN(CCN3CCOCCC3=O)CC2)ncn1. The number of carbonyl (C=O) groups is 1. The molecule has 2 saturated heterocycles. The molecule has 2 aliphatic rings. The van der Waals surface area contributed by atoms with Crippen LogP contribution in [0.5, 0.6) is 0 Å². The number of carbonyl (C=O) groups excluding carboxylic acids is 1. The van der Waals surface area contributed by atoms with Gasteiger partial charge in [-0.05, 0) is 19.8 Å². The quantitative estimate of drug-likeness (QED) is 0.864. The summed E-state index contributed by atoms with van der Waals surface area (Å²) in [5.74, 6) is 1.14. The molecule has 0 radical (unpaired) electrons. The van der Waals surface area contributed by atoms with Crippen LogP contribution in [0, 0.1) is 6.92 Å². The Bertz CT molecular complexity index is 546. The fourth-order valence-corrected chi connectivity index (χ4v) is 3.26. The van der Waals surface area contributed by atoms with Gasteiger partial charge in [-0.2, -0.15) is 0 Å². The van der Waals surface area contributed by atoms with Crippen LogP contribution >= 0.6 is 0 Å². The predicted octanol–water partition coefficient (Wildman–Crippen LogP) is 0.910. The molecule has 1 N–H and O–H groups in total. The summed E-state index contributed by atoms with van der Waals surface area (Å²) >= 11 is 0. The predicted molar refractivity (Wildman–Crippen MR) is 91.9 cm³/mol. The Morgan fingerprint density at radius 2 is 2.04 bits per heavy atom. The van der Waals surface area contributed by atoms with E-state index in [1.165, 1.54) is 0 Å². The molecule has 0 bridgehead atoms. The number of anilines is 1. The van der Waals surface area contributed by atoms with Crippen LogP contribution in [0.3, 0.4) is 0 Å². The van der Waals surface area contributed by atoms with Gasteiger partial charge in [-0.25, -0.2) is 9.97 Å². The summed E-state index contributed by atoms with van der Waals surface area (Å²) < 4.78 is 5.37. The van der Waals surface area contributed by atoms with E-state index in [4.69, 9.17) is 4.74 Å². The summed E-state index contributed by atoms with van der Waals surface area (Å²) in [6.07, 6.45) is 4.32. The highest BCUT2D eigenvalue weighted by Crippen LogP contribution is 2.15. The van der Waals surface area contributed by atoms with Gasteiger partial charge in [-0.3, -0.25) is 4.79 Å². The Morgan fingerprint density at radius 1 is 1.21 bits per heavy atom. The highest BCUT2D eigenvalue weighted by Gasteiger charge is 2.21. The van der Waals surface area contributed by atoms with E-state index in [-0.39, 0.29) is 5.91 Å². The molecule has 2 fully saturated rings. The number of rotatable bonds is 5. The monoisotopic (exact) mass is 333 g/mol. The van der Waals surface area contributed by atoms with Gasteiger partial charge in [-0.1, -0.05) is 0 Å². The summed E-state index contributed by atoms with van der Waals surface area (Å²) in [6.45, 7) is 7.80. The molecule has 7 nitrogen and oxygen atoms in total. The topological polar surface area (TPSA) is 70.6 Å². The Kier molecular flexibility index (Phi) is 5.98. The van der Waals surface area contributed by atoms with Gasteiger partial charge in [0.1, 0.15) is 12.1 Å². The van der Waals surface area contributed by atoms with Crippen LogP contribution in [0.2, 0.25) is 0 Å². The highest BCUT2D eigenvalue weighted by atomic mass is 16.5. The van der Waals surface area contributed by atoms with Crippen molar-refractivity contribution in [1.29, 1.82) is 0 Å². The summed E-state index contributed by atoms with van der Waals surface area (Å²) in [4.78, 5) is 24.8. The summed E-state index contributed by atoms with van der Waals surface area (Å²) in [5.41, 5.74) is 0.982. The molecular weight excluding hydrogens is 306 g/mol. The van der Waals surface area contributed by atoms with E-state index >= 15 is 0 Å². The Morgan fingerprint density at radius 3 is 2.83 bits per heavy atom. The largest absolute Gasteiger partial charge is 0.379 e. The molecule has 0 spiro atoms. The molecule has 0 saturated carbocycles. The molecule has 1 aromatic rings. The van der Waals surface area contributed by atoms with Crippen LogP contribution in [-0.2, 0) is 9.53 Å². The fraction of sp³-hybridized carbons (Fsp3) is 0.706. The molecule has 1 amide bonds. The van der Waals surface area contributed by atoms with Gasteiger partial charge in [0.25, 0.3) is 0 Å². The molecule has 0 aliphatic carbocycles.